The molecule has 0 aromatic carbocycles. The van der Waals surface area contributed by atoms with Crippen LogP contribution in [0.4, 0.5) is 0 Å². The van der Waals surface area contributed by atoms with Crippen LogP contribution in [0.15, 0.2) is 0 Å². The third-order valence-electron chi connectivity index (χ3n) is 0. The van der Waals surface area contributed by atoms with Gasteiger partial charge in [-0.25, -0.2) is 0 Å². The first-order chi connectivity index (χ1) is 0. The molecule has 4 heteroatoms. The van der Waals surface area contributed by atoms with Gasteiger partial charge in [0, 0.05) is 67.6 Å². The van der Waals surface area contributed by atoms with Gasteiger partial charge in [-0.3, -0.25) is 0 Å². The summed E-state index contributed by atoms with van der Waals surface area (Å²) in [5.74, 6) is 0. The Bertz CT molecular complexity index is 8.00. The Morgan fingerprint density at radius 2 is 1.00 bits per heavy atom. The summed E-state index contributed by atoms with van der Waals surface area (Å²) in [5.41, 5.74) is 0. The van der Waals surface area contributed by atoms with Gasteiger partial charge in [0.2, 0.25) is 0 Å². The van der Waals surface area contributed by atoms with Crippen molar-refractivity contribution in [1.82, 2.24) is 0 Å². The molecule has 0 aliphatic heterocycles. The van der Waals surface area contributed by atoms with E-state index in [0.717, 1.165) is 0 Å². The first-order valence-electron chi connectivity index (χ1n) is 0. The molecule has 2 N–H and O–H groups in total. The second-order valence-electron chi connectivity index (χ2n) is 0. The van der Waals surface area contributed by atoms with Crippen molar-refractivity contribution in [3.05, 3.63) is 0 Å². The van der Waals surface area contributed by atoms with E-state index < -0.39 is 0 Å². The summed E-state index contributed by atoms with van der Waals surface area (Å²) in [4.78, 5) is 0. The maximum Gasteiger partial charge on any atom is 0.187 e. The van der Waals surface area contributed by atoms with E-state index in [1.54, 1.807) is 0 Å². The van der Waals surface area contributed by atoms with E-state index in [4.69, 9.17) is 0 Å². The fourth-order valence-corrected chi connectivity index (χ4v) is 0. The summed E-state index contributed by atoms with van der Waals surface area (Å²) in [6.07, 6.45) is 0. The molecule has 0 unspecified atom stereocenters. The predicted octanol–water partition coefficient (Wildman–Crippen LogP) is -2.01. The van der Waals surface area contributed by atoms with Crippen molar-refractivity contribution in [2.24, 2.45) is 0 Å². The SMILES string of the molecule is O.[AlH3].[Ce].[Hf]. The van der Waals surface area contributed by atoms with Gasteiger partial charge in [-0.05, 0) is 0 Å². The van der Waals surface area contributed by atoms with Gasteiger partial charge in [0.25, 0.3) is 0 Å². The van der Waals surface area contributed by atoms with Crippen molar-refractivity contribution in [3.8, 4) is 0 Å². The van der Waals surface area contributed by atoms with Crippen LogP contribution in [0.2, 0.25) is 0 Å². The molecule has 22 valence electrons. The van der Waals surface area contributed by atoms with E-state index in [9.17, 15) is 0 Å². The summed E-state index contributed by atoms with van der Waals surface area (Å²) < 4.78 is 0. The van der Waals surface area contributed by atoms with Crippen LogP contribution >= 0.6 is 0 Å². The Hall–Kier alpha value is 2.74. The van der Waals surface area contributed by atoms with E-state index in [0.29, 0.717) is 0 Å². The van der Waals surface area contributed by atoms with Crippen molar-refractivity contribution in [1.29, 1.82) is 0 Å². The fraction of sp³-hybridized carbons (Fsp3) is 0. The van der Waals surface area contributed by atoms with Crippen LogP contribution in [0.25, 0.3) is 0 Å². The molecule has 0 aromatic heterocycles. The molecule has 4 heavy (non-hydrogen) atoms. The molecule has 0 aliphatic carbocycles. The van der Waals surface area contributed by atoms with Crippen LogP contribution in [0.1, 0.15) is 0 Å². The molecule has 0 aromatic rings. The number of hydrogen-bond donors (Lipinski definition) is 0. The molecule has 0 saturated heterocycles. The molecule has 1 nitrogen and oxygen atoms in total. The molecule has 0 amide bonds. The van der Waals surface area contributed by atoms with Crippen LogP contribution < -0.4 is 0 Å². The molecule has 0 rings (SSSR count). The van der Waals surface area contributed by atoms with Gasteiger partial charge in [-0.1, -0.05) is 0 Å². The average Bonchev–Trinajstić information content (AvgIpc) is 0. The van der Waals surface area contributed by atoms with Crippen LogP contribution in [0.5, 0.6) is 0 Å². The molecular weight excluding hydrogens is 362 g/mol. The zero-order valence-corrected chi connectivity index (χ0v) is 8.23. The third kappa shape index (κ3) is 8.83. The number of rotatable bonds is 0. The molecule has 0 fully saturated rings. The Kier molecular flexibility index (Phi) is 127. The Balaban J connectivity index is 0. The molecular formula is H5AlCeHfO. The van der Waals surface area contributed by atoms with E-state index in [2.05, 4.69) is 0 Å². The summed E-state index contributed by atoms with van der Waals surface area (Å²) in [6, 6.07) is 0. The third-order valence-corrected chi connectivity index (χ3v) is 0. The minimum absolute atomic E-state index is 0. The normalized spacial score (nSPS) is 0. The Morgan fingerprint density at radius 3 is 1.00 bits per heavy atom. The second kappa shape index (κ2) is 17.2. The van der Waals surface area contributed by atoms with Gasteiger partial charge in [-0.2, -0.15) is 0 Å². The summed E-state index contributed by atoms with van der Waals surface area (Å²) in [5, 5.41) is 0. The van der Waals surface area contributed by atoms with Gasteiger partial charge in [-0.15, -0.1) is 0 Å². The topological polar surface area (TPSA) is 31.5 Å². The van der Waals surface area contributed by atoms with Gasteiger partial charge in [0.05, 0.1) is 0 Å². The Morgan fingerprint density at radius 1 is 1.00 bits per heavy atom. The molecule has 0 spiro atoms. The second-order valence-corrected chi connectivity index (χ2v) is 0. The molecule has 0 aliphatic rings. The van der Waals surface area contributed by atoms with Crippen LogP contribution in [-0.2, 0) is 25.8 Å². The van der Waals surface area contributed by atoms with Crippen molar-refractivity contribution in [2.45, 2.75) is 0 Å². The molecule has 0 bridgehead atoms. The zero-order chi connectivity index (χ0) is 0. The molecule has 0 atom stereocenters. The van der Waals surface area contributed by atoms with Crippen LogP contribution in [0.3, 0.4) is 0 Å². The quantitative estimate of drug-likeness (QED) is 0.444. The summed E-state index contributed by atoms with van der Waals surface area (Å²) in [7, 11) is 0. The summed E-state index contributed by atoms with van der Waals surface area (Å²) >= 11 is 0. The minimum atomic E-state index is 0. The molecule has 0 heterocycles. The van der Waals surface area contributed by atoms with E-state index in [1.807, 2.05) is 0 Å². The van der Waals surface area contributed by atoms with Crippen molar-refractivity contribution in [2.75, 3.05) is 0 Å². The van der Waals surface area contributed by atoms with Crippen LogP contribution in [-0.4, -0.2) is 22.8 Å². The van der Waals surface area contributed by atoms with Gasteiger partial charge in [0.15, 0.2) is 17.4 Å². The van der Waals surface area contributed by atoms with Gasteiger partial charge < -0.3 is 5.48 Å². The summed E-state index contributed by atoms with van der Waals surface area (Å²) in [6.45, 7) is 0. The average molecular weight is 367 g/mol. The maximum absolute atomic E-state index is 0. The van der Waals surface area contributed by atoms with E-state index in [-0.39, 0.29) is 90.4 Å². The monoisotopic (exact) mass is 368 g/mol. The van der Waals surface area contributed by atoms with Crippen molar-refractivity contribution >= 4 is 17.4 Å². The maximum atomic E-state index is 0. The largest absolute Gasteiger partial charge is 0.412 e. The molecule has 0 saturated carbocycles. The van der Waals surface area contributed by atoms with Crippen molar-refractivity contribution < 1.29 is 73.1 Å². The first kappa shape index (κ1) is 29.6. The first-order valence-corrected chi connectivity index (χ1v) is 0. The van der Waals surface area contributed by atoms with E-state index in [1.165, 1.54) is 0 Å². The van der Waals surface area contributed by atoms with Gasteiger partial charge in [0.1, 0.15) is 0 Å². The Labute approximate surface area is 88.5 Å². The minimum Gasteiger partial charge on any atom is -0.412 e. The number of hydrogen-bond acceptors (Lipinski definition) is 0. The molecule has 0 radical (unpaired) electrons. The van der Waals surface area contributed by atoms with Crippen molar-refractivity contribution in [3.63, 3.8) is 0 Å². The standard InChI is InChI=1S/Al.Ce.Hf.H2O.3H/h;;;1H2;;;. The van der Waals surface area contributed by atoms with Crippen LogP contribution in [0, 0.1) is 41.7 Å². The zero-order valence-electron chi connectivity index (χ0n) is 1.50. The van der Waals surface area contributed by atoms with Gasteiger partial charge >= 0.3 is 0 Å². The smallest absolute Gasteiger partial charge is 0.187 e. The predicted molar refractivity (Wildman–Crippen MR) is 13.6 cm³/mol. The fourth-order valence-electron chi connectivity index (χ4n) is 0. The van der Waals surface area contributed by atoms with E-state index >= 15 is 0 Å².